The van der Waals surface area contributed by atoms with Crippen LogP contribution in [0.25, 0.3) is 0 Å². The summed E-state index contributed by atoms with van der Waals surface area (Å²) < 4.78 is 51.6. The van der Waals surface area contributed by atoms with Crippen LogP contribution in [0.4, 0.5) is 10.2 Å². The minimum atomic E-state index is -3.43. The van der Waals surface area contributed by atoms with Crippen LogP contribution in [0.1, 0.15) is 89.4 Å². The van der Waals surface area contributed by atoms with Gasteiger partial charge >= 0.3 is 0 Å². The molecule has 0 radical (unpaired) electrons. The molecule has 1 aromatic carbocycles. The number of amides is 1. The van der Waals surface area contributed by atoms with Crippen molar-refractivity contribution in [1.29, 1.82) is 0 Å². The third kappa shape index (κ3) is 7.87. The largest absolute Gasteiger partial charge is 0.434 e. The molecule has 2 aromatic rings. The number of halogens is 1. The van der Waals surface area contributed by atoms with E-state index in [0.29, 0.717) is 29.7 Å². The van der Waals surface area contributed by atoms with E-state index in [1.54, 1.807) is 9.21 Å². The summed E-state index contributed by atoms with van der Waals surface area (Å²) in [6.07, 6.45) is 9.64. The molecule has 1 saturated carbocycles. The number of carbonyl (C=O) groups is 1. The molecule has 5 fully saturated rings. The number of benzene rings is 1. The van der Waals surface area contributed by atoms with Crippen LogP contribution < -0.4 is 19.7 Å². The molecular formula is C36H54FN9O4S. The number of aromatic nitrogens is 3. The minimum Gasteiger partial charge on any atom is -0.434 e. The normalized spacial score (nSPS) is 25.8. The molecule has 5 heterocycles. The molecule has 7 rings (SSSR count). The highest BCUT2D eigenvalue weighted by Crippen LogP contribution is 2.45. The Kier molecular flexibility index (Phi) is 10.6. The van der Waals surface area contributed by atoms with Gasteiger partial charge in [0.2, 0.25) is 0 Å². The van der Waals surface area contributed by atoms with Gasteiger partial charge in [-0.1, -0.05) is 0 Å². The molecule has 51 heavy (non-hydrogen) atoms. The van der Waals surface area contributed by atoms with Gasteiger partial charge in [0, 0.05) is 62.9 Å². The van der Waals surface area contributed by atoms with E-state index in [-0.39, 0.29) is 47.3 Å². The number of nitrogens with zero attached hydrogens (tertiary/aromatic N) is 7. The Morgan fingerprint density at radius 2 is 1.82 bits per heavy atom. The second kappa shape index (κ2) is 14.8. The SMILES string of the molecule is CC(C)N(C(=O)c1cc(F)ccc1Oc1nncnc1N1CC[C@@H](CN2CCC3(CCC(NS(=O)(=O)N4C[C@@H]5C[C@H]4CN5)CC3)CC2)C1)C(C)C. The summed E-state index contributed by atoms with van der Waals surface area (Å²) in [5.41, 5.74) is 0.454. The van der Waals surface area contributed by atoms with Crippen molar-refractivity contribution in [3.8, 4) is 11.6 Å². The molecular weight excluding hydrogens is 674 g/mol. The van der Waals surface area contributed by atoms with E-state index in [4.69, 9.17) is 4.74 Å². The van der Waals surface area contributed by atoms with Crippen LogP contribution in [0.3, 0.4) is 0 Å². The molecule has 4 saturated heterocycles. The van der Waals surface area contributed by atoms with Gasteiger partial charge in [-0.05, 0) is 122 Å². The summed E-state index contributed by atoms with van der Waals surface area (Å²) in [7, 11) is -3.43. The number of fused-ring (bicyclic) bond motifs is 2. The molecule has 1 spiro atoms. The van der Waals surface area contributed by atoms with Crippen LogP contribution in [-0.2, 0) is 10.2 Å². The molecule has 2 N–H and O–H groups in total. The standard InChI is InChI=1S/C36H54FN9O4S/c1-24(2)46(25(3)4)35(47)31-17-27(37)5-6-32(31)50-34-33(39-23-40-41-34)44-14-9-26(21-44)20-43-15-12-36(13-16-43)10-7-28(8-11-36)42-51(48,49)45-22-29-18-30(45)19-38-29/h5-6,17,23-26,28-30,38,42H,7-16,18-22H2,1-4H3/t26-,29-,30-/m0/s1. The van der Waals surface area contributed by atoms with Gasteiger partial charge in [-0.2, -0.15) is 17.4 Å². The van der Waals surface area contributed by atoms with Crippen LogP contribution in [0.2, 0.25) is 0 Å². The first-order valence-electron chi connectivity index (χ1n) is 18.9. The Morgan fingerprint density at radius 1 is 1.08 bits per heavy atom. The maximum atomic E-state index is 14.4. The summed E-state index contributed by atoms with van der Waals surface area (Å²) in [5, 5.41) is 11.6. The van der Waals surface area contributed by atoms with Gasteiger partial charge in [0.1, 0.15) is 17.9 Å². The maximum Gasteiger partial charge on any atom is 0.282 e. The average Bonchev–Trinajstić information content (AvgIpc) is 3.86. The molecule has 3 atom stereocenters. The van der Waals surface area contributed by atoms with E-state index in [1.165, 1.54) is 24.5 Å². The second-order valence-corrected chi connectivity index (χ2v) is 17.7. The van der Waals surface area contributed by atoms with Gasteiger partial charge in [0.25, 0.3) is 22.0 Å². The van der Waals surface area contributed by atoms with Gasteiger partial charge in [-0.15, -0.1) is 10.2 Å². The van der Waals surface area contributed by atoms with Crippen LogP contribution in [0, 0.1) is 17.2 Å². The fourth-order valence-corrected chi connectivity index (χ4v) is 11.0. The highest BCUT2D eigenvalue weighted by molar-refractivity contribution is 7.87. The molecule has 280 valence electrons. The number of piperazine rings is 1. The second-order valence-electron chi connectivity index (χ2n) is 16.1. The minimum absolute atomic E-state index is 0.0327. The predicted molar refractivity (Wildman–Crippen MR) is 192 cm³/mol. The summed E-state index contributed by atoms with van der Waals surface area (Å²) >= 11 is 0. The van der Waals surface area contributed by atoms with Crippen LogP contribution in [0.15, 0.2) is 24.5 Å². The van der Waals surface area contributed by atoms with E-state index in [0.717, 1.165) is 90.6 Å². The van der Waals surface area contributed by atoms with Crippen LogP contribution in [-0.4, -0.2) is 120 Å². The van der Waals surface area contributed by atoms with Crippen molar-refractivity contribution in [1.82, 2.24) is 39.3 Å². The average molecular weight is 728 g/mol. The Hall–Kier alpha value is -2.98. The zero-order valence-corrected chi connectivity index (χ0v) is 31.2. The van der Waals surface area contributed by atoms with Crippen molar-refractivity contribution in [2.24, 2.45) is 11.3 Å². The van der Waals surface area contributed by atoms with E-state index in [9.17, 15) is 17.6 Å². The molecule has 1 amide bonds. The van der Waals surface area contributed by atoms with Crippen LogP contribution in [0.5, 0.6) is 11.6 Å². The highest BCUT2D eigenvalue weighted by Gasteiger charge is 2.45. The monoisotopic (exact) mass is 727 g/mol. The van der Waals surface area contributed by atoms with Crippen molar-refractivity contribution >= 4 is 21.9 Å². The van der Waals surface area contributed by atoms with Crippen molar-refractivity contribution in [3.05, 3.63) is 35.9 Å². The number of rotatable bonds is 11. The molecule has 4 aliphatic heterocycles. The molecule has 13 nitrogen and oxygen atoms in total. The number of ether oxygens (including phenoxy) is 1. The molecule has 0 unspecified atom stereocenters. The number of hydrogen-bond donors (Lipinski definition) is 2. The van der Waals surface area contributed by atoms with E-state index >= 15 is 0 Å². The summed E-state index contributed by atoms with van der Waals surface area (Å²) in [6.45, 7) is 13.8. The predicted octanol–water partition coefficient (Wildman–Crippen LogP) is 3.79. The number of hydrogen-bond acceptors (Lipinski definition) is 10. The fraction of sp³-hybridized carbons (Fsp3) is 0.722. The lowest BCUT2D eigenvalue weighted by Gasteiger charge is -2.46. The van der Waals surface area contributed by atoms with E-state index in [1.807, 2.05) is 27.7 Å². The van der Waals surface area contributed by atoms with Crippen molar-refractivity contribution in [2.75, 3.05) is 50.7 Å². The molecule has 15 heteroatoms. The van der Waals surface area contributed by atoms with Gasteiger partial charge in [-0.3, -0.25) is 4.79 Å². The lowest BCUT2D eigenvalue weighted by molar-refractivity contribution is 0.0549. The first-order chi connectivity index (χ1) is 24.4. The number of nitrogens with one attached hydrogen (secondary N) is 2. The Balaban J connectivity index is 0.914. The summed E-state index contributed by atoms with van der Waals surface area (Å²) in [5.74, 6) is 0.616. The zero-order valence-electron chi connectivity index (χ0n) is 30.4. The van der Waals surface area contributed by atoms with Crippen molar-refractivity contribution in [3.63, 3.8) is 0 Å². The molecule has 1 aromatic heterocycles. The van der Waals surface area contributed by atoms with Crippen molar-refractivity contribution < 1.29 is 22.3 Å². The van der Waals surface area contributed by atoms with Crippen molar-refractivity contribution in [2.45, 2.75) is 109 Å². The van der Waals surface area contributed by atoms with Crippen LogP contribution >= 0.6 is 0 Å². The quantitative estimate of drug-likeness (QED) is 0.352. The summed E-state index contributed by atoms with van der Waals surface area (Å²) in [4.78, 5) is 24.6. The lowest BCUT2D eigenvalue weighted by Crippen LogP contribution is -2.53. The van der Waals surface area contributed by atoms with E-state index in [2.05, 4.69) is 35.0 Å². The first-order valence-corrected chi connectivity index (χ1v) is 20.3. The summed E-state index contributed by atoms with van der Waals surface area (Å²) in [6, 6.07) is 4.25. The maximum absolute atomic E-state index is 14.4. The smallest absolute Gasteiger partial charge is 0.282 e. The molecule has 1 aliphatic carbocycles. The first kappa shape index (κ1) is 36.4. The van der Waals surface area contributed by atoms with Gasteiger partial charge in [0.05, 0.1) is 5.56 Å². The number of carbonyl (C=O) groups excluding carboxylic acids is 1. The number of likely N-dealkylation sites (tertiary alicyclic amines) is 1. The zero-order chi connectivity index (χ0) is 35.9. The number of piperidine rings is 1. The Morgan fingerprint density at radius 3 is 2.49 bits per heavy atom. The third-order valence-electron chi connectivity index (χ3n) is 12.0. The Labute approximate surface area is 301 Å². The topological polar surface area (TPSA) is 136 Å². The third-order valence-corrected chi connectivity index (χ3v) is 13.7. The molecule has 2 bridgehead atoms. The fourth-order valence-electron chi connectivity index (χ4n) is 9.30. The van der Waals surface area contributed by atoms with Gasteiger partial charge < -0.3 is 24.8 Å². The lowest BCUT2D eigenvalue weighted by atomic mass is 9.67. The van der Waals surface area contributed by atoms with Gasteiger partial charge in [0.15, 0.2) is 5.82 Å². The van der Waals surface area contributed by atoms with Gasteiger partial charge in [-0.25, -0.2) is 9.37 Å². The number of anilines is 1. The Bertz CT molecular complexity index is 1650. The van der Waals surface area contributed by atoms with E-state index < -0.39 is 16.0 Å². The molecule has 5 aliphatic rings. The highest BCUT2D eigenvalue weighted by atomic mass is 32.2.